The molecule has 2 aromatic carbocycles. The van der Waals surface area contributed by atoms with Gasteiger partial charge in [-0.2, -0.15) is 0 Å². The molecular formula is C24H29N3O2. The molecule has 3 rings (SSSR count). The average Bonchev–Trinajstić information content (AvgIpc) is 2.73. The molecule has 1 heterocycles. The van der Waals surface area contributed by atoms with Gasteiger partial charge in [0.15, 0.2) is 0 Å². The highest BCUT2D eigenvalue weighted by Gasteiger charge is 2.22. The third-order valence-corrected chi connectivity index (χ3v) is 4.98. The summed E-state index contributed by atoms with van der Waals surface area (Å²) in [5, 5.41) is 2.94. The molecule has 1 N–H and O–H groups in total. The number of hydrogen-bond acceptors (Lipinski definition) is 3. The standard InChI is InChI=1S/C24H29N3O2/c1-24(2,3)23(29)25-20-10-12-21(13-11-20)26-15-17-27(18-16-26)22(28)14-9-19-7-5-4-6-8-19/h4-14H,15-18H2,1-3H3,(H,25,29)/b14-9+. The number of carbonyl (C=O) groups is 2. The number of amides is 2. The van der Waals surface area contributed by atoms with Crippen LogP contribution in [0.15, 0.2) is 60.7 Å². The van der Waals surface area contributed by atoms with Crippen LogP contribution in [-0.4, -0.2) is 42.9 Å². The first-order valence-electron chi connectivity index (χ1n) is 10.0. The van der Waals surface area contributed by atoms with Crippen LogP contribution in [0.1, 0.15) is 26.3 Å². The van der Waals surface area contributed by atoms with Crippen LogP contribution in [0.4, 0.5) is 11.4 Å². The Morgan fingerprint density at radius 1 is 0.897 bits per heavy atom. The van der Waals surface area contributed by atoms with Gasteiger partial charge in [0.2, 0.25) is 11.8 Å². The molecule has 29 heavy (non-hydrogen) atoms. The number of rotatable bonds is 4. The lowest BCUT2D eigenvalue weighted by molar-refractivity contribution is -0.126. The van der Waals surface area contributed by atoms with Crippen molar-refractivity contribution in [1.29, 1.82) is 0 Å². The summed E-state index contributed by atoms with van der Waals surface area (Å²) in [5.41, 5.74) is 2.51. The molecule has 152 valence electrons. The number of hydrogen-bond donors (Lipinski definition) is 1. The number of piperazine rings is 1. The van der Waals surface area contributed by atoms with E-state index >= 15 is 0 Å². The third-order valence-electron chi connectivity index (χ3n) is 4.98. The van der Waals surface area contributed by atoms with Crippen molar-refractivity contribution in [2.75, 3.05) is 36.4 Å². The van der Waals surface area contributed by atoms with E-state index < -0.39 is 5.41 Å². The Kier molecular flexibility index (Phi) is 6.37. The number of benzene rings is 2. The fourth-order valence-electron chi connectivity index (χ4n) is 3.10. The van der Waals surface area contributed by atoms with E-state index in [4.69, 9.17) is 0 Å². The van der Waals surface area contributed by atoms with Crippen molar-refractivity contribution in [3.05, 3.63) is 66.2 Å². The van der Waals surface area contributed by atoms with Gasteiger partial charge in [0.1, 0.15) is 0 Å². The molecule has 5 heteroatoms. The zero-order valence-corrected chi connectivity index (χ0v) is 17.4. The van der Waals surface area contributed by atoms with Gasteiger partial charge in [-0.05, 0) is 35.9 Å². The second-order valence-electron chi connectivity index (χ2n) is 8.31. The lowest BCUT2D eigenvalue weighted by atomic mass is 9.95. The molecule has 2 aromatic rings. The Bertz CT molecular complexity index is 859. The molecule has 0 bridgehead atoms. The van der Waals surface area contributed by atoms with Gasteiger partial charge in [-0.3, -0.25) is 9.59 Å². The van der Waals surface area contributed by atoms with Crippen molar-refractivity contribution in [1.82, 2.24) is 4.90 Å². The summed E-state index contributed by atoms with van der Waals surface area (Å²) in [6, 6.07) is 17.7. The van der Waals surface area contributed by atoms with Gasteiger partial charge in [-0.25, -0.2) is 0 Å². The number of nitrogens with one attached hydrogen (secondary N) is 1. The van der Waals surface area contributed by atoms with E-state index in [1.165, 1.54) is 0 Å². The molecule has 0 aliphatic carbocycles. The summed E-state index contributed by atoms with van der Waals surface area (Å²) in [6.07, 6.45) is 3.51. The highest BCUT2D eigenvalue weighted by atomic mass is 16.2. The Labute approximate surface area is 173 Å². The predicted octanol–water partition coefficient (Wildman–Crippen LogP) is 4.03. The van der Waals surface area contributed by atoms with E-state index in [0.717, 1.165) is 30.0 Å². The number of carbonyl (C=O) groups excluding carboxylic acids is 2. The van der Waals surface area contributed by atoms with Gasteiger partial charge in [0.25, 0.3) is 0 Å². The van der Waals surface area contributed by atoms with Crippen LogP contribution in [0, 0.1) is 5.41 Å². The summed E-state index contributed by atoms with van der Waals surface area (Å²) >= 11 is 0. The van der Waals surface area contributed by atoms with Crippen molar-refractivity contribution >= 4 is 29.3 Å². The van der Waals surface area contributed by atoms with E-state index in [0.29, 0.717) is 13.1 Å². The first-order chi connectivity index (χ1) is 13.8. The molecule has 0 radical (unpaired) electrons. The first-order valence-corrected chi connectivity index (χ1v) is 10.0. The van der Waals surface area contributed by atoms with E-state index in [1.54, 1.807) is 6.08 Å². The second kappa shape index (κ2) is 8.95. The van der Waals surface area contributed by atoms with Gasteiger partial charge < -0.3 is 15.1 Å². The van der Waals surface area contributed by atoms with Crippen molar-refractivity contribution in [3.63, 3.8) is 0 Å². The maximum atomic E-state index is 12.4. The van der Waals surface area contributed by atoms with Gasteiger partial charge in [0, 0.05) is 49.0 Å². The van der Waals surface area contributed by atoms with E-state index in [2.05, 4.69) is 10.2 Å². The second-order valence-corrected chi connectivity index (χ2v) is 8.31. The summed E-state index contributed by atoms with van der Waals surface area (Å²) in [4.78, 5) is 28.7. The zero-order valence-electron chi connectivity index (χ0n) is 17.4. The molecule has 0 spiro atoms. The van der Waals surface area contributed by atoms with Crippen molar-refractivity contribution in [2.24, 2.45) is 5.41 Å². The van der Waals surface area contributed by atoms with Gasteiger partial charge in [0.05, 0.1) is 0 Å². The Morgan fingerprint density at radius 2 is 1.52 bits per heavy atom. The van der Waals surface area contributed by atoms with Crippen LogP contribution in [-0.2, 0) is 9.59 Å². The van der Waals surface area contributed by atoms with Gasteiger partial charge in [-0.15, -0.1) is 0 Å². The van der Waals surface area contributed by atoms with Crippen molar-refractivity contribution in [3.8, 4) is 0 Å². The summed E-state index contributed by atoms with van der Waals surface area (Å²) in [5.74, 6) is 0.0506. The summed E-state index contributed by atoms with van der Waals surface area (Å²) in [7, 11) is 0. The highest BCUT2D eigenvalue weighted by molar-refractivity contribution is 5.94. The lowest BCUT2D eigenvalue weighted by Crippen LogP contribution is -2.48. The number of anilines is 2. The van der Waals surface area contributed by atoms with Crippen LogP contribution in [0.5, 0.6) is 0 Å². The minimum Gasteiger partial charge on any atom is -0.368 e. The third kappa shape index (κ3) is 5.70. The molecule has 1 aliphatic rings. The fraction of sp³-hybridized carbons (Fsp3) is 0.333. The summed E-state index contributed by atoms with van der Waals surface area (Å²) in [6.45, 7) is 8.66. The molecular weight excluding hydrogens is 362 g/mol. The molecule has 1 saturated heterocycles. The molecule has 5 nitrogen and oxygen atoms in total. The van der Waals surface area contributed by atoms with Crippen LogP contribution < -0.4 is 10.2 Å². The molecule has 0 aromatic heterocycles. The molecule has 0 atom stereocenters. The highest BCUT2D eigenvalue weighted by Crippen LogP contribution is 2.22. The van der Waals surface area contributed by atoms with E-state index in [9.17, 15) is 9.59 Å². The first kappa shape index (κ1) is 20.6. The molecule has 0 unspecified atom stereocenters. The Hall–Kier alpha value is -3.08. The van der Waals surface area contributed by atoms with Crippen molar-refractivity contribution < 1.29 is 9.59 Å². The lowest BCUT2D eigenvalue weighted by Gasteiger charge is -2.35. The van der Waals surface area contributed by atoms with Crippen LogP contribution in [0.3, 0.4) is 0 Å². The molecule has 1 fully saturated rings. The maximum Gasteiger partial charge on any atom is 0.246 e. The summed E-state index contributed by atoms with van der Waals surface area (Å²) < 4.78 is 0. The minimum atomic E-state index is -0.420. The zero-order chi connectivity index (χ0) is 20.9. The minimum absolute atomic E-state index is 0.000865. The predicted molar refractivity (Wildman–Crippen MR) is 119 cm³/mol. The van der Waals surface area contributed by atoms with Crippen molar-refractivity contribution in [2.45, 2.75) is 20.8 Å². The van der Waals surface area contributed by atoms with Crippen LogP contribution in [0.25, 0.3) is 6.08 Å². The van der Waals surface area contributed by atoms with Crippen LogP contribution in [0.2, 0.25) is 0 Å². The Morgan fingerprint density at radius 3 is 2.10 bits per heavy atom. The van der Waals surface area contributed by atoms with E-state index in [1.807, 2.05) is 86.3 Å². The van der Waals surface area contributed by atoms with E-state index in [-0.39, 0.29) is 11.8 Å². The Balaban J connectivity index is 1.52. The smallest absolute Gasteiger partial charge is 0.246 e. The van der Waals surface area contributed by atoms with Crippen LogP contribution >= 0.6 is 0 Å². The van der Waals surface area contributed by atoms with Gasteiger partial charge in [-0.1, -0.05) is 51.1 Å². The SMILES string of the molecule is CC(C)(C)C(=O)Nc1ccc(N2CCN(C(=O)/C=C/c3ccccc3)CC2)cc1. The topological polar surface area (TPSA) is 52.7 Å². The average molecular weight is 392 g/mol. The van der Waals surface area contributed by atoms with Gasteiger partial charge >= 0.3 is 0 Å². The molecule has 0 saturated carbocycles. The maximum absolute atomic E-state index is 12.4. The molecule has 1 aliphatic heterocycles. The molecule has 2 amide bonds. The monoisotopic (exact) mass is 391 g/mol. The quantitative estimate of drug-likeness (QED) is 0.801. The fourth-order valence-corrected chi connectivity index (χ4v) is 3.10. The largest absolute Gasteiger partial charge is 0.368 e. The normalized spacial score (nSPS) is 14.9. The number of nitrogens with zero attached hydrogens (tertiary/aromatic N) is 2.